The number of carbonyl (C=O) groups excluding carboxylic acids is 3. The van der Waals surface area contributed by atoms with Crippen LogP contribution in [-0.4, -0.2) is 66.7 Å². The molecule has 0 spiro atoms. The molecule has 0 radical (unpaired) electrons. The zero-order valence-corrected chi connectivity index (χ0v) is 23.3. The molecule has 3 amide bonds. The molecule has 3 rings (SSSR count). The van der Waals surface area contributed by atoms with E-state index >= 15 is 0 Å². The molecule has 1 aliphatic heterocycles. The van der Waals surface area contributed by atoms with Crippen LogP contribution in [0.1, 0.15) is 55.4 Å². The number of amides is 3. The van der Waals surface area contributed by atoms with Crippen LogP contribution in [0, 0.1) is 5.41 Å². The molecule has 1 unspecified atom stereocenters. The summed E-state index contributed by atoms with van der Waals surface area (Å²) >= 11 is 0. The van der Waals surface area contributed by atoms with Crippen molar-refractivity contribution in [3.8, 4) is 0 Å². The summed E-state index contributed by atoms with van der Waals surface area (Å²) in [6, 6.07) is 13.4. The first-order valence-corrected chi connectivity index (χ1v) is 13.8. The van der Waals surface area contributed by atoms with E-state index in [2.05, 4.69) is 28.1 Å². The quantitative estimate of drug-likeness (QED) is 0.301. The van der Waals surface area contributed by atoms with Gasteiger partial charge in [-0.2, -0.15) is 0 Å². The lowest BCUT2D eigenvalue weighted by Crippen LogP contribution is -2.56. The fraction of sp³-hybridized carbons (Fsp3) is 0.467. The van der Waals surface area contributed by atoms with Gasteiger partial charge in [-0.25, -0.2) is 0 Å². The minimum absolute atomic E-state index is 0.0366. The molecular weight excluding hydrogens is 492 g/mol. The van der Waals surface area contributed by atoms with Gasteiger partial charge in [0.05, 0.1) is 6.04 Å². The number of hydrogen-bond donors (Lipinski definition) is 5. The number of nitrogens with one attached hydrogen (secondary N) is 4. The predicted molar refractivity (Wildman–Crippen MR) is 154 cm³/mol. The number of hydrogen-bond acceptors (Lipinski definition) is 5. The van der Waals surface area contributed by atoms with Crippen molar-refractivity contribution in [2.45, 2.75) is 70.5 Å². The van der Waals surface area contributed by atoms with E-state index in [1.165, 1.54) is 16.0 Å². The maximum Gasteiger partial charge on any atom is 0.243 e. The zero-order valence-electron chi connectivity index (χ0n) is 23.3. The molecule has 0 bridgehead atoms. The molecule has 2 aromatic carbocycles. The molecule has 0 saturated heterocycles. The van der Waals surface area contributed by atoms with E-state index in [0.717, 1.165) is 31.4 Å². The molecule has 0 aromatic heterocycles. The van der Waals surface area contributed by atoms with Crippen molar-refractivity contribution in [1.29, 1.82) is 5.41 Å². The molecule has 210 valence electrons. The first kappa shape index (κ1) is 29.8. The van der Waals surface area contributed by atoms with Crippen LogP contribution in [0.2, 0.25) is 0 Å². The van der Waals surface area contributed by atoms with Gasteiger partial charge in [-0.3, -0.25) is 19.8 Å². The Morgan fingerprint density at radius 2 is 1.62 bits per heavy atom. The van der Waals surface area contributed by atoms with Gasteiger partial charge in [0.1, 0.15) is 17.9 Å². The van der Waals surface area contributed by atoms with Crippen LogP contribution < -0.4 is 21.7 Å². The van der Waals surface area contributed by atoms with E-state index in [-0.39, 0.29) is 30.1 Å². The van der Waals surface area contributed by atoms with Crippen molar-refractivity contribution < 1.29 is 14.4 Å². The van der Waals surface area contributed by atoms with Crippen LogP contribution in [0.5, 0.6) is 0 Å². The van der Waals surface area contributed by atoms with Gasteiger partial charge in [0.15, 0.2) is 0 Å². The standard InChI is InChI=1S/C30H42N6O3/c1-4-25-30(39)36(3)20(2)28(37)35-26(19-21-12-14-24(15-13-21)27(31)32)29(38)34-18-16-23-10-6-5-9-22(23)11-7-8-17-33-25/h5-6,9-10,12-15,20,25-26,33H,4,7-8,11,16-19H2,1-3H3,(H3,31,32)(H,34,38)(H,35,37)/t20-,25?,26-/m1/s1. The first-order chi connectivity index (χ1) is 18.7. The second kappa shape index (κ2) is 14.4. The van der Waals surface area contributed by atoms with Crippen molar-refractivity contribution in [2.75, 3.05) is 20.1 Å². The third kappa shape index (κ3) is 8.38. The second-order valence-corrected chi connectivity index (χ2v) is 10.2. The molecule has 1 aliphatic rings. The molecular formula is C30H42N6O3. The topological polar surface area (TPSA) is 140 Å². The fourth-order valence-corrected chi connectivity index (χ4v) is 4.78. The average molecular weight is 535 g/mol. The van der Waals surface area contributed by atoms with Gasteiger partial charge in [-0.15, -0.1) is 0 Å². The number of carbonyl (C=O) groups is 3. The van der Waals surface area contributed by atoms with Gasteiger partial charge in [0, 0.05) is 25.6 Å². The summed E-state index contributed by atoms with van der Waals surface area (Å²) in [4.78, 5) is 41.2. The van der Waals surface area contributed by atoms with E-state index in [1.807, 2.05) is 19.1 Å². The maximum atomic E-state index is 13.3. The Kier molecular flexibility index (Phi) is 11.0. The Morgan fingerprint density at radius 1 is 0.949 bits per heavy atom. The summed E-state index contributed by atoms with van der Waals surface area (Å²) in [5.74, 6) is -0.863. The highest BCUT2D eigenvalue weighted by molar-refractivity contribution is 5.95. The van der Waals surface area contributed by atoms with Crippen molar-refractivity contribution in [3.63, 3.8) is 0 Å². The Morgan fingerprint density at radius 3 is 2.26 bits per heavy atom. The van der Waals surface area contributed by atoms with Crippen molar-refractivity contribution in [2.24, 2.45) is 5.73 Å². The molecule has 39 heavy (non-hydrogen) atoms. The maximum absolute atomic E-state index is 13.3. The number of benzene rings is 2. The highest BCUT2D eigenvalue weighted by atomic mass is 16.2. The smallest absolute Gasteiger partial charge is 0.243 e. The predicted octanol–water partition coefficient (Wildman–Crippen LogP) is 1.91. The summed E-state index contributed by atoms with van der Waals surface area (Å²) in [6.07, 6.45) is 4.42. The summed E-state index contributed by atoms with van der Waals surface area (Å²) in [5.41, 5.74) is 9.44. The van der Waals surface area contributed by atoms with Gasteiger partial charge >= 0.3 is 0 Å². The van der Waals surface area contributed by atoms with E-state index in [1.54, 1.807) is 38.2 Å². The molecule has 1 heterocycles. The lowest BCUT2D eigenvalue weighted by atomic mass is 9.99. The molecule has 0 saturated carbocycles. The normalized spacial score (nSPS) is 22.2. The monoisotopic (exact) mass is 534 g/mol. The molecule has 3 atom stereocenters. The molecule has 2 aromatic rings. The zero-order chi connectivity index (χ0) is 28.4. The van der Waals surface area contributed by atoms with E-state index < -0.39 is 18.0 Å². The average Bonchev–Trinajstić information content (AvgIpc) is 2.93. The molecule has 6 N–H and O–H groups in total. The van der Waals surface area contributed by atoms with Crippen LogP contribution in [0.4, 0.5) is 0 Å². The number of amidine groups is 1. The first-order valence-electron chi connectivity index (χ1n) is 13.8. The van der Waals surface area contributed by atoms with Gasteiger partial charge in [0.25, 0.3) is 0 Å². The van der Waals surface area contributed by atoms with Crippen molar-refractivity contribution in [3.05, 3.63) is 70.8 Å². The Bertz CT molecular complexity index is 1150. The third-order valence-electron chi connectivity index (χ3n) is 7.43. The summed E-state index contributed by atoms with van der Waals surface area (Å²) in [6.45, 7) is 4.79. The molecule has 0 aliphatic carbocycles. The number of nitrogens with two attached hydrogens (primary N) is 1. The second-order valence-electron chi connectivity index (χ2n) is 10.2. The molecule has 9 heteroatoms. The van der Waals surface area contributed by atoms with E-state index in [9.17, 15) is 14.4 Å². The SMILES string of the molecule is CCC1NCCCCc2ccccc2CCNC(=O)[C@@H](Cc2ccc(C(=N)N)cc2)NC(=O)[C@@H](C)N(C)C1=O. The van der Waals surface area contributed by atoms with Crippen LogP contribution in [0.25, 0.3) is 0 Å². The number of nitrogen functional groups attached to an aromatic ring is 1. The summed E-state index contributed by atoms with van der Waals surface area (Å²) in [7, 11) is 1.63. The van der Waals surface area contributed by atoms with E-state index in [0.29, 0.717) is 24.9 Å². The lowest BCUT2D eigenvalue weighted by molar-refractivity contribution is -0.140. The van der Waals surface area contributed by atoms with E-state index in [4.69, 9.17) is 11.1 Å². The number of fused-ring (bicyclic) bond motifs is 1. The van der Waals surface area contributed by atoms with Gasteiger partial charge < -0.3 is 26.6 Å². The number of rotatable bonds is 4. The van der Waals surface area contributed by atoms with Crippen LogP contribution >= 0.6 is 0 Å². The summed E-state index contributed by atoms with van der Waals surface area (Å²) < 4.78 is 0. The number of aryl methyl sites for hydroxylation is 1. The Balaban J connectivity index is 1.84. The van der Waals surface area contributed by atoms with Crippen molar-refractivity contribution in [1.82, 2.24) is 20.9 Å². The van der Waals surface area contributed by atoms with Crippen molar-refractivity contribution >= 4 is 23.6 Å². The molecule has 9 nitrogen and oxygen atoms in total. The number of likely N-dealkylation sites (N-methyl/N-ethyl adjacent to an activating group) is 1. The highest BCUT2D eigenvalue weighted by Crippen LogP contribution is 2.14. The largest absolute Gasteiger partial charge is 0.384 e. The fourth-order valence-electron chi connectivity index (χ4n) is 4.78. The minimum atomic E-state index is -0.833. The summed E-state index contributed by atoms with van der Waals surface area (Å²) in [5, 5.41) is 16.8. The molecule has 0 fully saturated rings. The Hall–Kier alpha value is -3.72. The van der Waals surface area contributed by atoms with Crippen LogP contribution in [-0.2, 0) is 33.6 Å². The highest BCUT2D eigenvalue weighted by Gasteiger charge is 2.30. The van der Waals surface area contributed by atoms with Gasteiger partial charge in [-0.05, 0) is 62.3 Å². The third-order valence-corrected chi connectivity index (χ3v) is 7.43. The van der Waals surface area contributed by atoms with Gasteiger partial charge in [0.2, 0.25) is 17.7 Å². The van der Waals surface area contributed by atoms with Crippen LogP contribution in [0.3, 0.4) is 0 Å². The Labute approximate surface area is 231 Å². The lowest BCUT2D eigenvalue weighted by Gasteiger charge is -2.30. The van der Waals surface area contributed by atoms with Gasteiger partial charge in [-0.1, -0.05) is 55.5 Å². The minimum Gasteiger partial charge on any atom is -0.384 e. The van der Waals surface area contributed by atoms with Crippen LogP contribution in [0.15, 0.2) is 48.5 Å². The number of nitrogens with zero attached hydrogens (tertiary/aromatic N) is 1.